The molecule has 2 aliphatic rings. The van der Waals surface area contributed by atoms with Crippen LogP contribution in [0.15, 0.2) is 18.3 Å². The van der Waals surface area contributed by atoms with Crippen molar-refractivity contribution in [3.8, 4) is 0 Å². The van der Waals surface area contributed by atoms with E-state index in [0.29, 0.717) is 11.6 Å². The second-order valence-electron chi connectivity index (χ2n) is 5.52. The fourth-order valence-electron chi connectivity index (χ4n) is 3.55. The maximum absolute atomic E-state index is 10.7. The number of hydrogen-bond donors (Lipinski definition) is 0. The summed E-state index contributed by atoms with van der Waals surface area (Å²) in [4.78, 5) is 17.6. The molecule has 96 valence electrons. The van der Waals surface area contributed by atoms with E-state index in [0.717, 1.165) is 24.6 Å². The van der Waals surface area contributed by atoms with Crippen molar-refractivity contribution in [1.82, 2.24) is 4.98 Å². The summed E-state index contributed by atoms with van der Waals surface area (Å²) in [6, 6.07) is 4.56. The normalized spacial score (nSPS) is 27.7. The van der Waals surface area contributed by atoms with E-state index < -0.39 is 0 Å². The molecule has 18 heavy (non-hydrogen) atoms. The molecular weight excluding hydrogens is 224 g/mol. The maximum Gasteiger partial charge on any atom is 0.151 e. The highest BCUT2D eigenvalue weighted by atomic mass is 16.1. The third-order valence-electron chi connectivity index (χ3n) is 4.44. The van der Waals surface area contributed by atoms with E-state index in [4.69, 9.17) is 0 Å². The molecule has 0 amide bonds. The summed E-state index contributed by atoms with van der Waals surface area (Å²) in [5.41, 5.74) is 0.663. The molecular formula is C15H20N2O. The quantitative estimate of drug-likeness (QED) is 0.750. The fraction of sp³-hybridized carbons (Fsp3) is 0.600. The van der Waals surface area contributed by atoms with Gasteiger partial charge >= 0.3 is 0 Å². The number of aromatic nitrogens is 1. The average Bonchev–Trinajstić information content (AvgIpc) is 2.47. The van der Waals surface area contributed by atoms with Crippen molar-refractivity contribution in [2.45, 2.75) is 44.6 Å². The molecule has 0 spiro atoms. The minimum Gasteiger partial charge on any atom is -0.353 e. The van der Waals surface area contributed by atoms with E-state index in [9.17, 15) is 4.79 Å². The second kappa shape index (κ2) is 5.09. The maximum atomic E-state index is 10.7. The second-order valence-corrected chi connectivity index (χ2v) is 5.52. The topological polar surface area (TPSA) is 33.2 Å². The van der Waals surface area contributed by atoms with Crippen molar-refractivity contribution >= 4 is 12.1 Å². The lowest BCUT2D eigenvalue weighted by Gasteiger charge is -2.44. The molecule has 0 N–H and O–H groups in total. The number of nitrogens with zero attached hydrogens (tertiary/aromatic N) is 2. The van der Waals surface area contributed by atoms with Crippen molar-refractivity contribution in [3.63, 3.8) is 0 Å². The van der Waals surface area contributed by atoms with Gasteiger partial charge < -0.3 is 4.90 Å². The van der Waals surface area contributed by atoms with Gasteiger partial charge in [0, 0.05) is 24.3 Å². The standard InChI is InChI=1S/C15H20N2O/c18-11-12-7-8-15(16-10-12)17-9-3-5-13-4-1-2-6-14(13)17/h7-8,10-11,13-14H,1-6,9H2. The van der Waals surface area contributed by atoms with Crippen molar-refractivity contribution in [1.29, 1.82) is 0 Å². The Bertz CT molecular complexity index is 413. The van der Waals surface area contributed by atoms with Crippen LogP contribution in [-0.4, -0.2) is 23.9 Å². The van der Waals surface area contributed by atoms with Gasteiger partial charge in [-0.25, -0.2) is 4.98 Å². The van der Waals surface area contributed by atoms with Gasteiger partial charge in [0.2, 0.25) is 0 Å². The molecule has 1 saturated heterocycles. The van der Waals surface area contributed by atoms with E-state index in [1.54, 1.807) is 6.20 Å². The molecule has 1 aliphatic heterocycles. The highest BCUT2D eigenvalue weighted by molar-refractivity contribution is 5.74. The van der Waals surface area contributed by atoms with Crippen LogP contribution in [-0.2, 0) is 0 Å². The summed E-state index contributed by atoms with van der Waals surface area (Å²) in [6.45, 7) is 1.12. The molecule has 1 aromatic heterocycles. The summed E-state index contributed by atoms with van der Waals surface area (Å²) in [6.07, 6.45) is 10.6. The number of piperidine rings is 1. The zero-order valence-corrected chi connectivity index (χ0v) is 10.7. The molecule has 2 heterocycles. The van der Waals surface area contributed by atoms with Crippen LogP contribution >= 0.6 is 0 Å². The van der Waals surface area contributed by atoms with Crippen LogP contribution in [0.25, 0.3) is 0 Å². The summed E-state index contributed by atoms with van der Waals surface area (Å²) in [7, 11) is 0. The first-order chi connectivity index (χ1) is 8.88. The highest BCUT2D eigenvalue weighted by Crippen LogP contribution is 2.36. The molecule has 1 saturated carbocycles. The van der Waals surface area contributed by atoms with Crippen molar-refractivity contribution in [3.05, 3.63) is 23.9 Å². The Hall–Kier alpha value is -1.38. The monoisotopic (exact) mass is 244 g/mol. The zero-order valence-electron chi connectivity index (χ0n) is 10.7. The number of aldehydes is 1. The smallest absolute Gasteiger partial charge is 0.151 e. The van der Waals surface area contributed by atoms with E-state index in [1.165, 1.54) is 38.5 Å². The SMILES string of the molecule is O=Cc1ccc(N2CCCC3CCCCC32)nc1. The Kier molecular flexibility index (Phi) is 3.31. The lowest BCUT2D eigenvalue weighted by atomic mass is 9.78. The minimum absolute atomic E-state index is 0.663. The van der Waals surface area contributed by atoms with Gasteiger partial charge in [-0.15, -0.1) is 0 Å². The molecule has 0 radical (unpaired) electrons. The Morgan fingerprint density at radius 1 is 1.17 bits per heavy atom. The van der Waals surface area contributed by atoms with Gasteiger partial charge in [0.05, 0.1) is 0 Å². The molecule has 1 aromatic rings. The van der Waals surface area contributed by atoms with Gasteiger partial charge in [0.15, 0.2) is 6.29 Å². The lowest BCUT2D eigenvalue weighted by molar-refractivity contribution is 0.112. The van der Waals surface area contributed by atoms with Crippen LogP contribution in [0, 0.1) is 5.92 Å². The summed E-state index contributed by atoms with van der Waals surface area (Å²) in [5.74, 6) is 1.91. The molecule has 3 rings (SSSR count). The third-order valence-corrected chi connectivity index (χ3v) is 4.44. The van der Waals surface area contributed by atoms with E-state index in [-0.39, 0.29) is 0 Å². The summed E-state index contributed by atoms with van der Waals surface area (Å²) in [5, 5.41) is 0. The van der Waals surface area contributed by atoms with E-state index >= 15 is 0 Å². The van der Waals surface area contributed by atoms with Gasteiger partial charge in [-0.3, -0.25) is 4.79 Å². The first kappa shape index (κ1) is 11.7. The number of anilines is 1. The van der Waals surface area contributed by atoms with Crippen LogP contribution in [0.3, 0.4) is 0 Å². The number of fused-ring (bicyclic) bond motifs is 1. The Labute approximate surface area is 108 Å². The van der Waals surface area contributed by atoms with Crippen molar-refractivity contribution in [2.75, 3.05) is 11.4 Å². The van der Waals surface area contributed by atoms with Gasteiger partial charge in [-0.2, -0.15) is 0 Å². The number of pyridine rings is 1. The fourth-order valence-corrected chi connectivity index (χ4v) is 3.55. The molecule has 0 bridgehead atoms. The molecule has 2 atom stereocenters. The van der Waals surface area contributed by atoms with Crippen molar-refractivity contribution in [2.24, 2.45) is 5.92 Å². The van der Waals surface area contributed by atoms with Crippen LogP contribution in [0.2, 0.25) is 0 Å². The molecule has 0 aromatic carbocycles. The lowest BCUT2D eigenvalue weighted by Crippen LogP contribution is -2.47. The van der Waals surface area contributed by atoms with Crippen LogP contribution in [0.1, 0.15) is 48.9 Å². The van der Waals surface area contributed by atoms with Gasteiger partial charge in [0.25, 0.3) is 0 Å². The summed E-state index contributed by atoms with van der Waals surface area (Å²) >= 11 is 0. The predicted molar refractivity (Wildman–Crippen MR) is 72.0 cm³/mol. The van der Waals surface area contributed by atoms with Gasteiger partial charge in [-0.05, 0) is 43.7 Å². The molecule has 1 aliphatic carbocycles. The first-order valence-electron chi connectivity index (χ1n) is 7.06. The van der Waals surface area contributed by atoms with Crippen LogP contribution in [0.5, 0.6) is 0 Å². The molecule has 3 nitrogen and oxygen atoms in total. The van der Waals surface area contributed by atoms with Gasteiger partial charge in [-0.1, -0.05) is 12.8 Å². The van der Waals surface area contributed by atoms with Crippen LogP contribution in [0.4, 0.5) is 5.82 Å². The number of rotatable bonds is 2. The Morgan fingerprint density at radius 3 is 2.78 bits per heavy atom. The van der Waals surface area contributed by atoms with Gasteiger partial charge in [0.1, 0.15) is 5.82 Å². The predicted octanol–water partition coefficient (Wildman–Crippen LogP) is 3.05. The average molecular weight is 244 g/mol. The third kappa shape index (κ3) is 2.14. The van der Waals surface area contributed by atoms with E-state index in [2.05, 4.69) is 9.88 Å². The molecule has 2 fully saturated rings. The first-order valence-corrected chi connectivity index (χ1v) is 7.06. The number of carbonyl (C=O) groups is 1. The molecule has 2 unspecified atom stereocenters. The highest BCUT2D eigenvalue weighted by Gasteiger charge is 2.33. The summed E-state index contributed by atoms with van der Waals surface area (Å²) < 4.78 is 0. The minimum atomic E-state index is 0.663. The largest absolute Gasteiger partial charge is 0.353 e. The molecule has 3 heteroatoms. The number of carbonyl (C=O) groups excluding carboxylic acids is 1. The Balaban J connectivity index is 1.82. The van der Waals surface area contributed by atoms with E-state index in [1.807, 2.05) is 12.1 Å². The Morgan fingerprint density at radius 2 is 2.00 bits per heavy atom. The zero-order chi connectivity index (χ0) is 12.4. The number of hydrogen-bond acceptors (Lipinski definition) is 3. The van der Waals surface area contributed by atoms with Crippen LogP contribution < -0.4 is 4.90 Å². The van der Waals surface area contributed by atoms with Crippen molar-refractivity contribution < 1.29 is 4.79 Å².